The number of aliphatic hydroxyl groups is 2. The number of esters is 1. The summed E-state index contributed by atoms with van der Waals surface area (Å²) in [5.41, 5.74) is 7.08. The van der Waals surface area contributed by atoms with Crippen LogP contribution in [0.15, 0.2) is 11.6 Å². The molecule has 16 nitrogen and oxygen atoms in total. The molecule has 1 unspecified atom stereocenters. The Balaban J connectivity index is 1.17. The number of amides is 4. The van der Waals surface area contributed by atoms with Crippen molar-refractivity contribution in [2.45, 2.75) is 188 Å². The summed E-state index contributed by atoms with van der Waals surface area (Å²) in [6.07, 6.45) is 6.72. The van der Waals surface area contributed by atoms with Gasteiger partial charge in [0.1, 0.15) is 49.1 Å². The number of hydrogen-bond donors (Lipinski definition) is 7. The van der Waals surface area contributed by atoms with E-state index >= 15 is 0 Å². The van der Waals surface area contributed by atoms with Crippen LogP contribution < -0.4 is 21.7 Å². The zero-order valence-corrected chi connectivity index (χ0v) is 38.7. The highest BCUT2D eigenvalue weighted by Crippen LogP contribution is 2.67. The monoisotopic (exact) mass is 889 g/mol. The lowest BCUT2D eigenvalue weighted by molar-refractivity contribution is -0.268. The average Bonchev–Trinajstić information content (AvgIpc) is 3.57. The molecule has 5 rings (SSSR count). The van der Waals surface area contributed by atoms with E-state index in [9.17, 15) is 39.0 Å². The van der Waals surface area contributed by atoms with Gasteiger partial charge in [-0.05, 0) is 118 Å². The summed E-state index contributed by atoms with van der Waals surface area (Å²) < 4.78 is 17.4. The first-order valence-corrected chi connectivity index (χ1v) is 23.5. The minimum absolute atomic E-state index is 0.0382. The van der Waals surface area contributed by atoms with Gasteiger partial charge in [0, 0.05) is 13.3 Å². The Kier molecular flexibility index (Phi) is 16.9. The molecule has 0 bridgehead atoms. The Hall–Kier alpha value is -3.60. The standard InChI is InChI=1S/C47H76N4O12/c1-24(2)10-9-11-25(3)32-14-15-33-31-13-12-30-22-29(18-20-46(30,7)34(31)19-21-47(32,33)8)44(59)61-23-36-39(55)40(38(45(60)63-36)50-28(6)52)62-27(5)43(58)49-26(4)42(57)51-35(41(48)56)16-17-37(53)54/h12,24-27,29,31-36,38-40,45,55,60H,9-11,13-23H2,1-8H3,(H2,48,56)(H,49,58)(H,50,52)(H,51,57)(H,53,54)/t25-,26+,27+,29+,31+,32-,33+,34+,35+,36+,38-,39-,40-,45?,46+,47-/m1/s1. The molecule has 63 heavy (non-hydrogen) atoms. The number of carboxylic acids is 1. The molecule has 1 saturated heterocycles. The summed E-state index contributed by atoms with van der Waals surface area (Å²) in [5, 5.41) is 38.7. The fourth-order valence-corrected chi connectivity index (χ4v) is 12.3. The molecule has 4 aliphatic carbocycles. The predicted octanol–water partition coefficient (Wildman–Crippen LogP) is 3.88. The molecule has 8 N–H and O–H groups in total. The fourth-order valence-electron chi connectivity index (χ4n) is 12.3. The Labute approximate surface area is 372 Å². The largest absolute Gasteiger partial charge is 0.481 e. The highest BCUT2D eigenvalue weighted by molar-refractivity contribution is 5.92. The molecular weight excluding hydrogens is 813 g/mol. The van der Waals surface area contributed by atoms with Gasteiger partial charge in [0.2, 0.25) is 23.6 Å². The first kappa shape index (κ1) is 50.4. The molecule has 0 aromatic heterocycles. The van der Waals surface area contributed by atoms with E-state index in [0.717, 1.165) is 36.5 Å². The van der Waals surface area contributed by atoms with Gasteiger partial charge in [0.15, 0.2) is 6.29 Å². The Morgan fingerprint density at radius 2 is 1.63 bits per heavy atom. The molecule has 4 amide bonds. The number of hydrogen-bond acceptors (Lipinski definition) is 11. The third-order valence-electron chi connectivity index (χ3n) is 15.9. The van der Waals surface area contributed by atoms with Crippen LogP contribution in [0.4, 0.5) is 0 Å². The van der Waals surface area contributed by atoms with Gasteiger partial charge in [-0.1, -0.05) is 65.5 Å². The number of allylic oxidation sites excluding steroid dienone is 2. The van der Waals surface area contributed by atoms with Crippen LogP contribution in [0.5, 0.6) is 0 Å². The lowest BCUT2D eigenvalue weighted by Crippen LogP contribution is -2.66. The van der Waals surface area contributed by atoms with E-state index in [1.54, 1.807) is 0 Å². The fraction of sp³-hybridized carbons (Fsp3) is 0.830. The van der Waals surface area contributed by atoms with E-state index in [0.29, 0.717) is 30.1 Å². The van der Waals surface area contributed by atoms with Crippen LogP contribution >= 0.6 is 0 Å². The highest BCUT2D eigenvalue weighted by atomic mass is 16.6. The Bertz CT molecular complexity index is 1710. The quantitative estimate of drug-likeness (QED) is 0.0721. The molecule has 1 heterocycles. The van der Waals surface area contributed by atoms with Crippen LogP contribution in [0, 0.1) is 52.3 Å². The molecule has 0 aromatic carbocycles. The SMILES string of the molecule is CC(=O)N[C@H]1C(O)O[C@@H](COC(=O)[C@H]2CC[C@@]3(C)C(=CC[C@H]4[C@@H]5CC[C@H]([C@H](C)CCCC(C)C)[C@@]5(C)CC[C@@H]43)C2)[C@@H](O)[C@@H]1O[C@@H](C)C(=O)N[C@@H](C)C(=O)N[C@@H](CCC(=O)O)C(N)=O. The summed E-state index contributed by atoms with van der Waals surface area (Å²) in [7, 11) is 0. The summed E-state index contributed by atoms with van der Waals surface area (Å²) in [4.78, 5) is 74.5. The van der Waals surface area contributed by atoms with E-state index in [1.807, 2.05) is 0 Å². The van der Waals surface area contributed by atoms with Crippen molar-refractivity contribution in [2.75, 3.05) is 6.61 Å². The molecule has 356 valence electrons. The molecular formula is C47H76N4O12. The van der Waals surface area contributed by atoms with Crippen molar-refractivity contribution in [3.8, 4) is 0 Å². The van der Waals surface area contributed by atoms with Crippen LogP contribution in [-0.2, 0) is 43.0 Å². The maximum atomic E-state index is 13.7. The maximum absolute atomic E-state index is 13.7. The van der Waals surface area contributed by atoms with E-state index in [-0.39, 0.29) is 17.8 Å². The molecule has 0 spiro atoms. The first-order valence-electron chi connectivity index (χ1n) is 23.5. The van der Waals surface area contributed by atoms with E-state index in [4.69, 9.17) is 25.1 Å². The Morgan fingerprint density at radius 3 is 2.29 bits per heavy atom. The molecule has 0 aromatic rings. The van der Waals surface area contributed by atoms with Crippen molar-refractivity contribution in [2.24, 2.45) is 58.0 Å². The molecule has 5 aliphatic rings. The number of fused-ring (bicyclic) bond motifs is 5. The number of nitrogens with two attached hydrogens (primary N) is 1. The highest BCUT2D eigenvalue weighted by Gasteiger charge is 2.59. The summed E-state index contributed by atoms with van der Waals surface area (Å²) >= 11 is 0. The van der Waals surface area contributed by atoms with Crippen molar-refractivity contribution >= 4 is 35.6 Å². The minimum atomic E-state index is -1.71. The van der Waals surface area contributed by atoms with Gasteiger partial charge in [-0.25, -0.2) is 0 Å². The van der Waals surface area contributed by atoms with Gasteiger partial charge >= 0.3 is 11.9 Å². The van der Waals surface area contributed by atoms with Crippen molar-refractivity contribution in [1.29, 1.82) is 0 Å². The van der Waals surface area contributed by atoms with Crippen molar-refractivity contribution in [1.82, 2.24) is 16.0 Å². The number of nitrogens with one attached hydrogen (secondary N) is 3. The summed E-state index contributed by atoms with van der Waals surface area (Å²) in [5.74, 6) is -0.862. The van der Waals surface area contributed by atoms with Gasteiger partial charge < -0.3 is 51.2 Å². The number of carbonyl (C=O) groups excluding carboxylic acids is 5. The zero-order chi connectivity index (χ0) is 46.6. The topological polar surface area (TPSA) is 253 Å². The maximum Gasteiger partial charge on any atom is 0.309 e. The van der Waals surface area contributed by atoms with E-state index in [1.165, 1.54) is 71.3 Å². The molecule has 0 radical (unpaired) electrons. The summed E-state index contributed by atoms with van der Waals surface area (Å²) in [6.45, 7) is 15.6. The number of carboxylic acid groups (broad SMARTS) is 1. The van der Waals surface area contributed by atoms with Crippen molar-refractivity contribution in [3.63, 3.8) is 0 Å². The van der Waals surface area contributed by atoms with Crippen LogP contribution in [0.1, 0.15) is 139 Å². The van der Waals surface area contributed by atoms with Crippen molar-refractivity contribution in [3.05, 3.63) is 11.6 Å². The number of aliphatic carboxylic acids is 1. The van der Waals surface area contributed by atoms with Crippen molar-refractivity contribution < 1.29 is 58.3 Å². The second-order valence-electron chi connectivity index (χ2n) is 20.5. The zero-order valence-electron chi connectivity index (χ0n) is 38.7. The van der Waals surface area contributed by atoms with Crippen LogP contribution in [0.2, 0.25) is 0 Å². The minimum Gasteiger partial charge on any atom is -0.481 e. The normalized spacial score (nSPS) is 35.6. The van der Waals surface area contributed by atoms with E-state index < -0.39 is 97.4 Å². The second-order valence-corrected chi connectivity index (χ2v) is 20.5. The summed E-state index contributed by atoms with van der Waals surface area (Å²) in [6, 6.07) is -3.83. The van der Waals surface area contributed by atoms with Gasteiger partial charge in [0.25, 0.3) is 0 Å². The van der Waals surface area contributed by atoms with Gasteiger partial charge in [-0.2, -0.15) is 0 Å². The molecule has 16 atom stereocenters. The lowest BCUT2D eigenvalue weighted by Gasteiger charge is -2.58. The third kappa shape index (κ3) is 11.6. The third-order valence-corrected chi connectivity index (χ3v) is 15.9. The van der Waals surface area contributed by atoms with Gasteiger partial charge in [-0.15, -0.1) is 0 Å². The number of primary amides is 1. The average molecular weight is 889 g/mol. The molecule has 3 saturated carbocycles. The molecule has 1 aliphatic heterocycles. The molecule has 16 heteroatoms. The van der Waals surface area contributed by atoms with Crippen LogP contribution in [0.3, 0.4) is 0 Å². The van der Waals surface area contributed by atoms with Gasteiger partial charge in [0.05, 0.1) is 5.92 Å². The van der Waals surface area contributed by atoms with E-state index in [2.05, 4.69) is 56.6 Å². The number of carbonyl (C=O) groups is 6. The lowest BCUT2D eigenvalue weighted by atomic mass is 9.46. The Morgan fingerprint density at radius 1 is 0.921 bits per heavy atom. The predicted molar refractivity (Wildman–Crippen MR) is 232 cm³/mol. The molecule has 4 fully saturated rings. The van der Waals surface area contributed by atoms with Crippen LogP contribution in [0.25, 0.3) is 0 Å². The van der Waals surface area contributed by atoms with Crippen LogP contribution in [-0.4, -0.2) is 106 Å². The second kappa shape index (κ2) is 21.1. The number of aliphatic hydroxyl groups excluding tert-OH is 2. The smallest absolute Gasteiger partial charge is 0.309 e. The van der Waals surface area contributed by atoms with Gasteiger partial charge in [-0.3, -0.25) is 28.8 Å². The first-order chi connectivity index (χ1) is 29.6. The number of ether oxygens (including phenoxy) is 3. The number of rotatable bonds is 19.